The number of hydrogen-bond donors (Lipinski definition) is 3. The lowest BCUT2D eigenvalue weighted by Crippen LogP contribution is -2.26. The van der Waals surface area contributed by atoms with Gasteiger partial charge in [-0.05, 0) is 47.9 Å². The Hall–Kier alpha value is -1.68. The van der Waals surface area contributed by atoms with Crippen molar-refractivity contribution in [1.29, 1.82) is 0 Å². The molecule has 3 N–H and O–H groups in total. The molecule has 0 fully saturated rings. The van der Waals surface area contributed by atoms with Crippen molar-refractivity contribution in [2.75, 3.05) is 12.3 Å². The number of rotatable bonds is 6. The van der Waals surface area contributed by atoms with E-state index in [1.165, 1.54) is 18.2 Å². The molecule has 0 radical (unpaired) electrons. The highest BCUT2D eigenvalue weighted by atomic mass is 32.2. The fourth-order valence-corrected chi connectivity index (χ4v) is 3.78. The third kappa shape index (κ3) is 4.41. The predicted molar refractivity (Wildman–Crippen MR) is 86.6 cm³/mol. The molecule has 0 unspecified atom stereocenters. The molecule has 7 nitrogen and oxygen atoms in total. The fraction of sp³-hybridized carbons (Fsp3) is 0.286. The molecule has 0 saturated carbocycles. The molecule has 0 bridgehead atoms. The van der Waals surface area contributed by atoms with Crippen LogP contribution in [0.15, 0.2) is 35.2 Å². The summed E-state index contributed by atoms with van der Waals surface area (Å²) in [4.78, 5) is 0.0435. The molecule has 0 aromatic heterocycles. The van der Waals surface area contributed by atoms with Gasteiger partial charge in [-0.25, -0.2) is 13.1 Å². The van der Waals surface area contributed by atoms with Gasteiger partial charge < -0.3 is 5.11 Å². The fourth-order valence-electron chi connectivity index (χ4n) is 2.16. The van der Waals surface area contributed by atoms with Crippen molar-refractivity contribution in [1.82, 2.24) is 4.72 Å². The smallest absolute Gasteiger partial charge is 0.264 e. The molecule has 2 aromatic rings. The van der Waals surface area contributed by atoms with Crippen LogP contribution >= 0.6 is 0 Å². The van der Waals surface area contributed by atoms with Gasteiger partial charge in [-0.1, -0.05) is 12.1 Å². The van der Waals surface area contributed by atoms with Crippen molar-refractivity contribution >= 4 is 30.9 Å². The molecule has 23 heavy (non-hydrogen) atoms. The van der Waals surface area contributed by atoms with E-state index >= 15 is 0 Å². The molecule has 0 aliphatic rings. The zero-order valence-electron chi connectivity index (χ0n) is 12.4. The average Bonchev–Trinajstić information content (AvgIpc) is 2.46. The maximum Gasteiger partial charge on any atom is 0.264 e. The Morgan fingerprint density at radius 3 is 2.43 bits per heavy atom. The van der Waals surface area contributed by atoms with E-state index < -0.39 is 25.9 Å². The number of aromatic hydroxyl groups is 1. The van der Waals surface area contributed by atoms with E-state index in [0.717, 1.165) is 5.39 Å². The van der Waals surface area contributed by atoms with Crippen LogP contribution in [0.5, 0.6) is 5.75 Å². The van der Waals surface area contributed by atoms with Crippen LogP contribution in [0.2, 0.25) is 0 Å². The van der Waals surface area contributed by atoms with Gasteiger partial charge in [0.25, 0.3) is 10.1 Å². The van der Waals surface area contributed by atoms with Crippen molar-refractivity contribution in [3.8, 4) is 5.75 Å². The summed E-state index contributed by atoms with van der Waals surface area (Å²) in [5, 5.41) is 11.1. The van der Waals surface area contributed by atoms with E-state index in [0.29, 0.717) is 10.9 Å². The van der Waals surface area contributed by atoms with Crippen molar-refractivity contribution < 1.29 is 26.5 Å². The summed E-state index contributed by atoms with van der Waals surface area (Å²) in [6.45, 7) is 1.63. The normalized spacial score (nSPS) is 12.6. The third-order valence-corrected chi connectivity index (χ3v) is 5.68. The first-order valence-corrected chi connectivity index (χ1v) is 9.86. The first kappa shape index (κ1) is 17.7. The minimum absolute atomic E-state index is 0.0291. The van der Waals surface area contributed by atoms with Crippen LogP contribution < -0.4 is 4.72 Å². The largest absolute Gasteiger partial charge is 0.508 e. The lowest BCUT2D eigenvalue weighted by molar-refractivity contribution is 0.472. The molecule has 2 rings (SSSR count). The van der Waals surface area contributed by atoms with Crippen molar-refractivity contribution in [3.05, 3.63) is 35.9 Å². The molecule has 0 aliphatic heterocycles. The quantitative estimate of drug-likeness (QED) is 0.530. The van der Waals surface area contributed by atoms with Gasteiger partial charge in [0.15, 0.2) is 0 Å². The van der Waals surface area contributed by atoms with Crippen molar-refractivity contribution in [3.63, 3.8) is 0 Å². The zero-order chi connectivity index (χ0) is 17.3. The van der Waals surface area contributed by atoms with Crippen LogP contribution in [-0.2, 0) is 20.1 Å². The van der Waals surface area contributed by atoms with Gasteiger partial charge in [0.1, 0.15) is 5.75 Å². The maximum absolute atomic E-state index is 12.2. The van der Waals surface area contributed by atoms with E-state index in [1.807, 2.05) is 0 Å². The standard InChI is InChI=1S/C14H17NO6S2/c1-10-13-5-4-12(9-11(13)3-6-14(10)16)23(20,21)15-7-2-8-22(17,18)19/h3-6,9,15-16H,2,7-8H2,1H3,(H,17,18,19). The molecule has 0 spiro atoms. The van der Waals surface area contributed by atoms with E-state index in [-0.39, 0.29) is 23.6 Å². The second-order valence-electron chi connectivity index (χ2n) is 5.13. The molecule has 0 amide bonds. The second-order valence-corrected chi connectivity index (χ2v) is 8.47. The number of benzene rings is 2. The van der Waals surface area contributed by atoms with Crippen molar-refractivity contribution in [2.24, 2.45) is 0 Å². The molecular weight excluding hydrogens is 342 g/mol. The number of hydrogen-bond acceptors (Lipinski definition) is 5. The zero-order valence-corrected chi connectivity index (χ0v) is 14.0. The molecule has 0 heterocycles. The number of phenolic OH excluding ortho intramolecular Hbond substituents is 1. The number of nitrogens with one attached hydrogen (secondary N) is 1. The van der Waals surface area contributed by atoms with E-state index in [4.69, 9.17) is 4.55 Å². The van der Waals surface area contributed by atoms with E-state index in [9.17, 15) is 21.9 Å². The maximum atomic E-state index is 12.2. The lowest BCUT2D eigenvalue weighted by Gasteiger charge is -2.09. The lowest BCUT2D eigenvalue weighted by atomic mass is 10.1. The molecule has 9 heteroatoms. The Morgan fingerprint density at radius 1 is 1.09 bits per heavy atom. The Bertz CT molecular complexity index is 935. The summed E-state index contributed by atoms with van der Waals surface area (Å²) in [6, 6.07) is 7.62. The van der Waals surface area contributed by atoms with Crippen LogP contribution in [-0.4, -0.2) is 38.8 Å². The number of phenols is 1. The number of sulfonamides is 1. The highest BCUT2D eigenvalue weighted by Gasteiger charge is 2.15. The molecular formula is C14H17NO6S2. The number of aryl methyl sites for hydroxylation is 1. The Morgan fingerprint density at radius 2 is 1.78 bits per heavy atom. The Labute approximate surface area is 134 Å². The Balaban J connectivity index is 2.20. The predicted octanol–water partition coefficient (Wildman–Crippen LogP) is 1.41. The van der Waals surface area contributed by atoms with Gasteiger partial charge in [-0.3, -0.25) is 4.55 Å². The van der Waals surface area contributed by atoms with Gasteiger partial charge in [0.2, 0.25) is 10.0 Å². The highest BCUT2D eigenvalue weighted by Crippen LogP contribution is 2.27. The third-order valence-electron chi connectivity index (χ3n) is 3.41. The summed E-state index contributed by atoms with van der Waals surface area (Å²) in [5.41, 5.74) is 0.660. The summed E-state index contributed by atoms with van der Waals surface area (Å²) in [5.74, 6) is -0.373. The minimum atomic E-state index is -4.10. The van der Waals surface area contributed by atoms with Crippen LogP contribution in [0.1, 0.15) is 12.0 Å². The monoisotopic (exact) mass is 359 g/mol. The molecule has 126 valence electrons. The van der Waals surface area contributed by atoms with Gasteiger partial charge in [-0.2, -0.15) is 8.42 Å². The van der Waals surface area contributed by atoms with E-state index in [2.05, 4.69) is 4.72 Å². The van der Waals surface area contributed by atoms with Crippen molar-refractivity contribution in [2.45, 2.75) is 18.2 Å². The summed E-state index contributed by atoms with van der Waals surface area (Å²) >= 11 is 0. The second kappa shape index (κ2) is 6.44. The SMILES string of the molecule is Cc1c(O)ccc2cc(S(=O)(=O)NCCCS(=O)(=O)O)ccc12. The molecule has 0 aliphatic carbocycles. The van der Waals surface area contributed by atoms with Crippen LogP contribution in [0.25, 0.3) is 10.8 Å². The van der Waals surface area contributed by atoms with Gasteiger partial charge in [0.05, 0.1) is 10.6 Å². The first-order valence-electron chi connectivity index (χ1n) is 6.77. The van der Waals surface area contributed by atoms with Gasteiger partial charge in [-0.15, -0.1) is 0 Å². The topological polar surface area (TPSA) is 121 Å². The average molecular weight is 359 g/mol. The van der Waals surface area contributed by atoms with Crippen LogP contribution in [0.4, 0.5) is 0 Å². The van der Waals surface area contributed by atoms with Crippen LogP contribution in [0.3, 0.4) is 0 Å². The summed E-state index contributed by atoms with van der Waals surface area (Å²) < 4.78 is 56.4. The molecule has 0 atom stereocenters. The Kier molecular flexibility index (Phi) is 4.95. The first-order chi connectivity index (χ1) is 10.6. The van der Waals surface area contributed by atoms with Gasteiger partial charge >= 0.3 is 0 Å². The minimum Gasteiger partial charge on any atom is -0.508 e. The van der Waals surface area contributed by atoms with Gasteiger partial charge in [0, 0.05) is 6.54 Å². The van der Waals surface area contributed by atoms with Crippen LogP contribution in [0, 0.1) is 6.92 Å². The van der Waals surface area contributed by atoms with E-state index in [1.54, 1.807) is 19.1 Å². The summed E-state index contributed by atoms with van der Waals surface area (Å²) in [6.07, 6.45) is -0.0291. The highest BCUT2D eigenvalue weighted by molar-refractivity contribution is 7.89. The molecule has 0 saturated heterocycles. The summed E-state index contributed by atoms with van der Waals surface area (Å²) in [7, 11) is -7.88. The molecule has 2 aromatic carbocycles. The number of fused-ring (bicyclic) bond motifs is 1.